The van der Waals surface area contributed by atoms with Crippen LogP contribution in [0, 0.1) is 6.92 Å². The van der Waals surface area contributed by atoms with Gasteiger partial charge in [0.1, 0.15) is 0 Å². The van der Waals surface area contributed by atoms with Gasteiger partial charge < -0.3 is 5.32 Å². The summed E-state index contributed by atoms with van der Waals surface area (Å²) in [5.41, 5.74) is 2.52. The Morgan fingerprint density at radius 1 is 0.875 bits per heavy atom. The number of nitrogens with one attached hydrogen (secondary N) is 1. The van der Waals surface area contributed by atoms with E-state index in [0.717, 1.165) is 30.4 Å². The van der Waals surface area contributed by atoms with Crippen molar-refractivity contribution >= 4 is 21.6 Å². The van der Waals surface area contributed by atoms with Crippen LogP contribution in [-0.2, 0) is 16.6 Å². The Kier molecular flexibility index (Phi) is 8.06. The molecule has 0 saturated heterocycles. The Labute approximate surface area is 191 Å². The smallest absolute Gasteiger partial charge is 0.264 e. The number of hydrogen-bond acceptors (Lipinski definition) is 3. The third-order valence-corrected chi connectivity index (χ3v) is 7.04. The van der Waals surface area contributed by atoms with Crippen LogP contribution in [-0.4, -0.2) is 20.9 Å². The SMILES string of the molecule is CCCCCNC(=O)c1ccccc1N(Cc1ccccc1)S(=O)(=O)c1ccc(C)cc1. The van der Waals surface area contributed by atoms with E-state index in [1.165, 1.54) is 4.31 Å². The van der Waals surface area contributed by atoms with Gasteiger partial charge in [0, 0.05) is 6.54 Å². The van der Waals surface area contributed by atoms with Crippen LogP contribution < -0.4 is 9.62 Å². The van der Waals surface area contributed by atoms with E-state index >= 15 is 0 Å². The number of unbranched alkanes of at least 4 members (excludes halogenated alkanes) is 2. The maximum atomic E-state index is 13.7. The van der Waals surface area contributed by atoms with Crippen LogP contribution in [0.15, 0.2) is 83.8 Å². The third kappa shape index (κ3) is 5.77. The van der Waals surface area contributed by atoms with E-state index in [1.54, 1.807) is 48.5 Å². The first-order chi connectivity index (χ1) is 15.4. The summed E-state index contributed by atoms with van der Waals surface area (Å²) in [4.78, 5) is 13.2. The number of amides is 1. The monoisotopic (exact) mass is 450 g/mol. The van der Waals surface area contributed by atoms with Crippen molar-refractivity contribution in [2.75, 3.05) is 10.8 Å². The van der Waals surface area contributed by atoms with Gasteiger partial charge in [-0.2, -0.15) is 0 Å². The number of aryl methyl sites for hydroxylation is 1. The zero-order valence-electron chi connectivity index (χ0n) is 18.6. The standard InChI is InChI=1S/C26H30N2O3S/c1-3-4-10-19-27-26(29)24-13-8-9-14-25(24)28(20-22-11-6-5-7-12-22)32(30,31)23-17-15-21(2)16-18-23/h5-9,11-18H,3-4,10,19-20H2,1-2H3,(H,27,29). The van der Waals surface area contributed by atoms with Gasteiger partial charge in [-0.3, -0.25) is 9.10 Å². The molecule has 168 valence electrons. The van der Waals surface area contributed by atoms with Crippen LogP contribution in [0.25, 0.3) is 0 Å². The minimum atomic E-state index is -3.90. The van der Waals surface area contributed by atoms with Crippen LogP contribution in [0.5, 0.6) is 0 Å². The van der Waals surface area contributed by atoms with E-state index in [4.69, 9.17) is 0 Å². The molecular formula is C26H30N2O3S. The highest BCUT2D eigenvalue weighted by molar-refractivity contribution is 7.92. The molecule has 0 aliphatic rings. The Balaban J connectivity index is 2.02. The number of rotatable bonds is 10. The predicted octanol–water partition coefficient (Wildman–Crippen LogP) is 5.31. The van der Waals surface area contributed by atoms with Crippen LogP contribution in [0.2, 0.25) is 0 Å². The summed E-state index contributed by atoms with van der Waals surface area (Å²) in [5.74, 6) is -0.270. The Bertz CT molecular complexity index is 1130. The lowest BCUT2D eigenvalue weighted by Gasteiger charge is -2.26. The number of hydrogen-bond donors (Lipinski definition) is 1. The van der Waals surface area contributed by atoms with Crippen molar-refractivity contribution in [3.05, 3.63) is 95.6 Å². The number of carbonyl (C=O) groups excluding carboxylic acids is 1. The number of para-hydroxylation sites is 1. The summed E-state index contributed by atoms with van der Waals surface area (Å²) in [6, 6.07) is 23.0. The second-order valence-electron chi connectivity index (χ2n) is 7.79. The summed E-state index contributed by atoms with van der Waals surface area (Å²) in [7, 11) is -3.90. The van der Waals surface area contributed by atoms with E-state index < -0.39 is 10.0 Å². The molecule has 0 unspecified atom stereocenters. The highest BCUT2D eigenvalue weighted by atomic mass is 32.2. The van der Waals surface area contributed by atoms with E-state index in [1.807, 2.05) is 37.3 Å². The van der Waals surface area contributed by atoms with Crippen molar-refractivity contribution < 1.29 is 13.2 Å². The molecule has 0 aromatic heterocycles. The average molecular weight is 451 g/mol. The number of carbonyl (C=O) groups is 1. The average Bonchev–Trinajstić information content (AvgIpc) is 2.81. The molecule has 3 aromatic rings. The molecular weight excluding hydrogens is 420 g/mol. The predicted molar refractivity (Wildman–Crippen MR) is 129 cm³/mol. The first kappa shape index (κ1) is 23.5. The summed E-state index contributed by atoms with van der Waals surface area (Å²) in [6.45, 7) is 4.70. The number of anilines is 1. The van der Waals surface area contributed by atoms with Crippen molar-refractivity contribution in [3.63, 3.8) is 0 Å². The first-order valence-electron chi connectivity index (χ1n) is 10.9. The maximum absolute atomic E-state index is 13.7. The van der Waals surface area contributed by atoms with E-state index in [-0.39, 0.29) is 17.3 Å². The van der Waals surface area contributed by atoms with Crippen molar-refractivity contribution in [3.8, 4) is 0 Å². The van der Waals surface area contributed by atoms with Gasteiger partial charge in [0.05, 0.1) is 22.7 Å². The van der Waals surface area contributed by atoms with Crippen molar-refractivity contribution in [1.29, 1.82) is 0 Å². The van der Waals surface area contributed by atoms with Crippen LogP contribution >= 0.6 is 0 Å². The van der Waals surface area contributed by atoms with Gasteiger partial charge in [-0.05, 0) is 43.2 Å². The maximum Gasteiger partial charge on any atom is 0.264 e. The van der Waals surface area contributed by atoms with Crippen LogP contribution in [0.1, 0.15) is 47.7 Å². The topological polar surface area (TPSA) is 66.5 Å². The Morgan fingerprint density at radius 3 is 2.22 bits per heavy atom. The lowest BCUT2D eigenvalue weighted by Crippen LogP contribution is -2.33. The third-order valence-electron chi connectivity index (χ3n) is 5.26. The molecule has 0 aliphatic carbocycles. The molecule has 0 aliphatic heterocycles. The molecule has 0 bridgehead atoms. The molecule has 0 atom stereocenters. The Hall–Kier alpha value is -3.12. The first-order valence-corrected chi connectivity index (χ1v) is 12.4. The molecule has 0 saturated carbocycles. The van der Waals surface area contributed by atoms with Gasteiger partial charge in [-0.1, -0.05) is 79.9 Å². The number of nitrogens with zero attached hydrogens (tertiary/aromatic N) is 1. The van der Waals surface area contributed by atoms with E-state index in [0.29, 0.717) is 17.8 Å². The summed E-state index contributed by atoms with van der Waals surface area (Å²) >= 11 is 0. The van der Waals surface area contributed by atoms with E-state index in [2.05, 4.69) is 12.2 Å². The molecule has 5 nitrogen and oxygen atoms in total. The fourth-order valence-electron chi connectivity index (χ4n) is 3.44. The zero-order valence-corrected chi connectivity index (χ0v) is 19.4. The quantitative estimate of drug-likeness (QED) is 0.426. The molecule has 0 heterocycles. The molecule has 3 aromatic carbocycles. The zero-order chi connectivity index (χ0) is 23.0. The minimum absolute atomic E-state index is 0.122. The van der Waals surface area contributed by atoms with Gasteiger partial charge in [0.15, 0.2) is 0 Å². The second-order valence-corrected chi connectivity index (χ2v) is 9.65. The largest absolute Gasteiger partial charge is 0.352 e. The Morgan fingerprint density at radius 2 is 1.53 bits per heavy atom. The summed E-state index contributed by atoms with van der Waals surface area (Å²) < 4.78 is 28.8. The lowest BCUT2D eigenvalue weighted by atomic mass is 10.1. The van der Waals surface area contributed by atoms with E-state index in [9.17, 15) is 13.2 Å². The van der Waals surface area contributed by atoms with Gasteiger partial charge >= 0.3 is 0 Å². The highest BCUT2D eigenvalue weighted by Gasteiger charge is 2.28. The number of sulfonamides is 1. The van der Waals surface area contributed by atoms with Gasteiger partial charge in [0.25, 0.3) is 15.9 Å². The molecule has 6 heteroatoms. The van der Waals surface area contributed by atoms with Crippen molar-refractivity contribution in [1.82, 2.24) is 5.32 Å². The summed E-state index contributed by atoms with van der Waals surface area (Å²) in [5, 5.41) is 2.93. The van der Waals surface area contributed by atoms with Crippen LogP contribution in [0.4, 0.5) is 5.69 Å². The molecule has 1 amide bonds. The summed E-state index contributed by atoms with van der Waals surface area (Å²) in [6.07, 6.45) is 2.98. The minimum Gasteiger partial charge on any atom is -0.352 e. The van der Waals surface area contributed by atoms with Crippen molar-refractivity contribution in [2.24, 2.45) is 0 Å². The molecule has 0 radical (unpaired) electrons. The van der Waals surface area contributed by atoms with Gasteiger partial charge in [-0.15, -0.1) is 0 Å². The lowest BCUT2D eigenvalue weighted by molar-refractivity contribution is 0.0953. The van der Waals surface area contributed by atoms with Gasteiger partial charge in [-0.25, -0.2) is 8.42 Å². The molecule has 3 rings (SSSR count). The van der Waals surface area contributed by atoms with Gasteiger partial charge in [0.2, 0.25) is 0 Å². The number of benzene rings is 3. The normalized spacial score (nSPS) is 11.2. The fraction of sp³-hybridized carbons (Fsp3) is 0.269. The van der Waals surface area contributed by atoms with Crippen molar-refractivity contribution in [2.45, 2.75) is 44.6 Å². The molecule has 1 N–H and O–H groups in total. The molecule has 32 heavy (non-hydrogen) atoms. The molecule has 0 fully saturated rings. The van der Waals surface area contributed by atoms with Crippen LogP contribution in [0.3, 0.4) is 0 Å². The molecule has 0 spiro atoms. The highest BCUT2D eigenvalue weighted by Crippen LogP contribution is 2.29. The second kappa shape index (κ2) is 11.0. The fourth-order valence-corrected chi connectivity index (χ4v) is 4.91.